The molecule has 114 valence electrons. The van der Waals surface area contributed by atoms with E-state index in [4.69, 9.17) is 4.74 Å². The Morgan fingerprint density at radius 3 is 2.05 bits per heavy atom. The van der Waals surface area contributed by atoms with Crippen molar-refractivity contribution in [3.8, 4) is 0 Å². The van der Waals surface area contributed by atoms with Crippen molar-refractivity contribution in [2.24, 2.45) is 0 Å². The molecule has 0 N–H and O–H groups in total. The fraction of sp³-hybridized carbons (Fsp3) is 0.438. The summed E-state index contributed by atoms with van der Waals surface area (Å²) in [5.74, 6) is -2.99. The van der Waals surface area contributed by atoms with Crippen LogP contribution in [0.5, 0.6) is 0 Å². The highest BCUT2D eigenvalue weighted by molar-refractivity contribution is 6.11. The van der Waals surface area contributed by atoms with Crippen LogP contribution in [0.2, 0.25) is 0 Å². The lowest BCUT2D eigenvalue weighted by Crippen LogP contribution is -2.46. The molecule has 4 nitrogen and oxygen atoms in total. The predicted octanol–water partition coefficient (Wildman–Crippen LogP) is 2.90. The molecular weight excluding hydrogens is 275 g/mol. The summed E-state index contributed by atoms with van der Waals surface area (Å²) >= 11 is 0. The van der Waals surface area contributed by atoms with E-state index < -0.39 is 35.2 Å². The Morgan fingerprint density at radius 2 is 1.62 bits per heavy atom. The maximum Gasteiger partial charge on any atom is 0.352 e. The number of ether oxygens (including phenoxy) is 1. The molecule has 21 heavy (non-hydrogen) atoms. The highest BCUT2D eigenvalue weighted by Gasteiger charge is 2.48. The summed E-state index contributed by atoms with van der Waals surface area (Å²) in [6, 6.07) is 7.94. The molecule has 1 rings (SSSR count). The first-order chi connectivity index (χ1) is 9.56. The normalized spacial score (nSPS) is 14.1. The zero-order valence-electron chi connectivity index (χ0n) is 12.6. The van der Waals surface area contributed by atoms with Crippen LogP contribution in [0.3, 0.4) is 0 Å². The molecule has 0 aromatic heterocycles. The zero-order valence-corrected chi connectivity index (χ0v) is 12.6. The summed E-state index contributed by atoms with van der Waals surface area (Å²) in [6.07, 6.45) is -0.860. The van der Waals surface area contributed by atoms with Gasteiger partial charge in [-0.2, -0.15) is 0 Å². The Balaban J connectivity index is 2.99. The van der Waals surface area contributed by atoms with Gasteiger partial charge in [-0.1, -0.05) is 30.3 Å². The molecule has 1 unspecified atom stereocenters. The monoisotopic (exact) mass is 294 g/mol. The first kappa shape index (κ1) is 17.0. The number of carbonyl (C=O) groups is 3. The minimum Gasteiger partial charge on any atom is -0.457 e. The maximum atomic E-state index is 14.7. The first-order valence-electron chi connectivity index (χ1n) is 6.58. The van der Waals surface area contributed by atoms with Gasteiger partial charge in [0.1, 0.15) is 5.60 Å². The number of alkyl halides is 1. The highest BCUT2D eigenvalue weighted by Crippen LogP contribution is 2.25. The summed E-state index contributed by atoms with van der Waals surface area (Å²) in [4.78, 5) is 35.5. The van der Waals surface area contributed by atoms with E-state index in [1.807, 2.05) is 0 Å². The molecule has 0 heterocycles. The third-order valence-electron chi connectivity index (χ3n) is 2.78. The average molecular weight is 294 g/mol. The molecule has 0 fully saturated rings. The zero-order chi connectivity index (χ0) is 16.3. The van der Waals surface area contributed by atoms with Crippen LogP contribution in [0.4, 0.5) is 4.39 Å². The maximum absolute atomic E-state index is 14.7. The second-order valence-electron chi connectivity index (χ2n) is 5.83. The van der Waals surface area contributed by atoms with E-state index in [9.17, 15) is 18.8 Å². The molecule has 1 aromatic rings. The molecule has 1 aromatic carbocycles. The number of halogens is 1. The molecule has 0 radical (unpaired) electrons. The van der Waals surface area contributed by atoms with Gasteiger partial charge in [0.15, 0.2) is 11.6 Å². The quantitative estimate of drug-likeness (QED) is 0.476. The fourth-order valence-corrected chi connectivity index (χ4v) is 1.65. The van der Waals surface area contributed by atoms with Crippen molar-refractivity contribution in [3.05, 3.63) is 35.9 Å². The molecule has 0 aliphatic carbocycles. The van der Waals surface area contributed by atoms with Crippen LogP contribution >= 0.6 is 0 Å². The number of carbonyl (C=O) groups excluding carboxylic acids is 3. The standard InChI is InChI=1S/C16H19FO4/c1-11(18)16(17,14(20)21-15(2,3)4)10-13(19)12-8-6-5-7-9-12/h5-9H,10H2,1-4H3. The summed E-state index contributed by atoms with van der Waals surface area (Å²) in [7, 11) is 0. The van der Waals surface area contributed by atoms with Gasteiger partial charge < -0.3 is 4.74 Å². The number of hydrogen-bond donors (Lipinski definition) is 0. The molecule has 0 saturated heterocycles. The van der Waals surface area contributed by atoms with Crippen molar-refractivity contribution >= 4 is 17.5 Å². The smallest absolute Gasteiger partial charge is 0.352 e. The van der Waals surface area contributed by atoms with Crippen molar-refractivity contribution in [2.75, 3.05) is 0 Å². The van der Waals surface area contributed by atoms with Gasteiger partial charge in [0, 0.05) is 5.56 Å². The van der Waals surface area contributed by atoms with Gasteiger partial charge in [-0.05, 0) is 27.7 Å². The van der Waals surface area contributed by atoms with E-state index in [2.05, 4.69) is 0 Å². The number of benzene rings is 1. The van der Waals surface area contributed by atoms with Gasteiger partial charge in [0.05, 0.1) is 6.42 Å². The number of hydrogen-bond acceptors (Lipinski definition) is 4. The summed E-state index contributed by atoms with van der Waals surface area (Å²) in [5.41, 5.74) is -3.66. The van der Waals surface area contributed by atoms with Crippen LogP contribution in [-0.2, 0) is 14.3 Å². The van der Waals surface area contributed by atoms with Crippen molar-refractivity contribution in [2.45, 2.75) is 45.4 Å². The Labute approximate surface area is 123 Å². The van der Waals surface area contributed by atoms with E-state index in [1.54, 1.807) is 39.0 Å². The van der Waals surface area contributed by atoms with E-state index in [1.165, 1.54) is 12.1 Å². The molecule has 0 amide bonds. The van der Waals surface area contributed by atoms with Crippen molar-refractivity contribution in [1.29, 1.82) is 0 Å². The molecule has 0 aliphatic heterocycles. The Bertz CT molecular complexity index is 545. The van der Waals surface area contributed by atoms with E-state index in [0.717, 1.165) is 6.92 Å². The van der Waals surface area contributed by atoms with Crippen molar-refractivity contribution < 1.29 is 23.5 Å². The van der Waals surface area contributed by atoms with Gasteiger partial charge >= 0.3 is 5.97 Å². The van der Waals surface area contributed by atoms with E-state index >= 15 is 0 Å². The number of rotatable bonds is 5. The Morgan fingerprint density at radius 1 is 1.10 bits per heavy atom. The number of esters is 1. The van der Waals surface area contributed by atoms with E-state index in [-0.39, 0.29) is 5.56 Å². The Kier molecular flexibility index (Phi) is 4.99. The SMILES string of the molecule is CC(=O)C(F)(CC(=O)c1ccccc1)C(=O)OC(C)(C)C. The lowest BCUT2D eigenvalue weighted by atomic mass is 9.92. The first-order valence-corrected chi connectivity index (χ1v) is 6.58. The highest BCUT2D eigenvalue weighted by atomic mass is 19.1. The van der Waals surface area contributed by atoms with Crippen LogP contribution in [0.1, 0.15) is 44.5 Å². The molecule has 5 heteroatoms. The summed E-state index contributed by atoms with van der Waals surface area (Å²) in [6.45, 7) is 5.61. The summed E-state index contributed by atoms with van der Waals surface area (Å²) < 4.78 is 19.6. The van der Waals surface area contributed by atoms with Crippen molar-refractivity contribution in [3.63, 3.8) is 0 Å². The van der Waals surface area contributed by atoms with E-state index in [0.29, 0.717) is 0 Å². The lowest BCUT2D eigenvalue weighted by molar-refractivity contribution is -0.171. The van der Waals surface area contributed by atoms with Crippen molar-refractivity contribution in [1.82, 2.24) is 0 Å². The van der Waals surface area contributed by atoms with Gasteiger partial charge in [0.25, 0.3) is 5.67 Å². The van der Waals surface area contributed by atoms with Gasteiger partial charge in [0.2, 0.25) is 0 Å². The van der Waals surface area contributed by atoms with Gasteiger partial charge in [-0.15, -0.1) is 0 Å². The van der Waals surface area contributed by atoms with Crippen LogP contribution in [0, 0.1) is 0 Å². The van der Waals surface area contributed by atoms with Gasteiger partial charge in [-0.25, -0.2) is 9.18 Å². The number of ketones is 2. The minimum atomic E-state index is -2.96. The van der Waals surface area contributed by atoms with Gasteiger partial charge in [-0.3, -0.25) is 9.59 Å². The molecule has 0 saturated carbocycles. The molecule has 0 spiro atoms. The third kappa shape index (κ3) is 4.48. The molecule has 0 bridgehead atoms. The second-order valence-corrected chi connectivity index (χ2v) is 5.83. The summed E-state index contributed by atoms with van der Waals surface area (Å²) in [5, 5.41) is 0. The number of Topliss-reactive ketones (excluding diaryl/α,β-unsaturated/α-hetero) is 2. The molecule has 1 atom stereocenters. The lowest BCUT2D eigenvalue weighted by Gasteiger charge is -2.26. The van der Waals surface area contributed by atoms with Crippen LogP contribution in [0.25, 0.3) is 0 Å². The minimum absolute atomic E-state index is 0.240. The van der Waals surface area contributed by atoms with Crippen LogP contribution < -0.4 is 0 Å². The predicted molar refractivity (Wildman–Crippen MR) is 75.8 cm³/mol. The third-order valence-corrected chi connectivity index (χ3v) is 2.78. The Hall–Kier alpha value is -2.04. The molecule has 0 aliphatic rings. The fourth-order valence-electron chi connectivity index (χ4n) is 1.65. The second kappa shape index (κ2) is 6.16. The average Bonchev–Trinajstić information content (AvgIpc) is 2.37. The van der Waals surface area contributed by atoms with Crippen LogP contribution in [0.15, 0.2) is 30.3 Å². The largest absolute Gasteiger partial charge is 0.457 e. The topological polar surface area (TPSA) is 60.4 Å². The van der Waals surface area contributed by atoms with Crippen LogP contribution in [-0.4, -0.2) is 28.8 Å². The molecular formula is C16H19FO4.